The van der Waals surface area contributed by atoms with E-state index in [2.05, 4.69) is 9.88 Å². The van der Waals surface area contributed by atoms with Gasteiger partial charge in [0.15, 0.2) is 0 Å². The molecule has 0 saturated carbocycles. The summed E-state index contributed by atoms with van der Waals surface area (Å²) >= 11 is 0. The van der Waals surface area contributed by atoms with Crippen LogP contribution in [0.25, 0.3) is 11.5 Å². The Balaban J connectivity index is 1.38. The quantitative estimate of drug-likeness (QED) is 0.780. The maximum absolute atomic E-state index is 11.9. The summed E-state index contributed by atoms with van der Waals surface area (Å²) in [4.78, 5) is 30.5. The minimum absolute atomic E-state index is 0.0815. The molecule has 2 amide bonds. The zero-order chi connectivity index (χ0) is 18.1. The maximum atomic E-state index is 11.9. The summed E-state index contributed by atoms with van der Waals surface area (Å²) in [7, 11) is 0. The summed E-state index contributed by atoms with van der Waals surface area (Å²) in [5.41, 5.74) is 1.87. The van der Waals surface area contributed by atoms with E-state index in [0.29, 0.717) is 38.4 Å². The number of aryl methyl sites for hydroxylation is 1. The summed E-state index contributed by atoms with van der Waals surface area (Å²) in [6, 6.07) is 9.87. The molecule has 7 heteroatoms. The number of hydrazine groups is 1. The van der Waals surface area contributed by atoms with E-state index in [1.807, 2.05) is 42.3 Å². The Morgan fingerprint density at radius 3 is 2.31 bits per heavy atom. The first-order chi connectivity index (χ1) is 12.6. The number of benzene rings is 1. The molecule has 136 valence electrons. The van der Waals surface area contributed by atoms with Crippen LogP contribution in [0.5, 0.6) is 0 Å². The number of nitrogens with zero attached hydrogens (tertiary/aromatic N) is 4. The van der Waals surface area contributed by atoms with Crippen LogP contribution >= 0.6 is 0 Å². The van der Waals surface area contributed by atoms with Crippen LogP contribution in [0.15, 0.2) is 34.7 Å². The van der Waals surface area contributed by atoms with Crippen LogP contribution in [0.3, 0.4) is 0 Å². The molecule has 7 nitrogen and oxygen atoms in total. The second-order valence-corrected chi connectivity index (χ2v) is 6.72. The fraction of sp³-hybridized carbons (Fsp3) is 0.421. The van der Waals surface area contributed by atoms with Crippen molar-refractivity contribution in [1.29, 1.82) is 0 Å². The molecular weight excluding hydrogens is 332 g/mol. The van der Waals surface area contributed by atoms with Crippen LogP contribution in [0.4, 0.5) is 0 Å². The van der Waals surface area contributed by atoms with Crippen molar-refractivity contribution >= 4 is 11.8 Å². The molecule has 2 fully saturated rings. The van der Waals surface area contributed by atoms with Gasteiger partial charge in [-0.3, -0.25) is 14.5 Å². The second-order valence-electron chi connectivity index (χ2n) is 6.72. The van der Waals surface area contributed by atoms with Crippen molar-refractivity contribution < 1.29 is 14.0 Å². The number of aromatic nitrogens is 1. The van der Waals surface area contributed by atoms with Gasteiger partial charge in [0.05, 0.1) is 12.2 Å². The maximum Gasteiger partial charge on any atom is 0.244 e. The normalized spacial score (nSPS) is 19.5. The van der Waals surface area contributed by atoms with Gasteiger partial charge in [0.2, 0.25) is 17.7 Å². The van der Waals surface area contributed by atoms with E-state index < -0.39 is 0 Å². The minimum atomic E-state index is -0.0815. The molecule has 0 unspecified atom stereocenters. The fourth-order valence-corrected chi connectivity index (χ4v) is 3.46. The Morgan fingerprint density at radius 1 is 1.00 bits per heavy atom. The third kappa shape index (κ3) is 3.27. The Kier molecular flexibility index (Phi) is 4.57. The molecule has 2 aromatic rings. The number of carbonyl (C=O) groups excluding carboxylic acids is 2. The van der Waals surface area contributed by atoms with E-state index in [0.717, 1.165) is 30.1 Å². The molecule has 1 aromatic carbocycles. The number of hydrogen-bond acceptors (Lipinski definition) is 6. The molecular formula is C19H22N4O3. The summed E-state index contributed by atoms with van der Waals surface area (Å²) in [6.45, 7) is 5.52. The van der Waals surface area contributed by atoms with Gasteiger partial charge in [0.25, 0.3) is 0 Å². The lowest BCUT2D eigenvalue weighted by atomic mass is 10.2. The minimum Gasteiger partial charge on any atom is -0.440 e. The first-order valence-electron chi connectivity index (χ1n) is 8.96. The molecule has 0 bridgehead atoms. The van der Waals surface area contributed by atoms with E-state index >= 15 is 0 Å². The van der Waals surface area contributed by atoms with E-state index in [-0.39, 0.29) is 11.8 Å². The Morgan fingerprint density at radius 2 is 1.65 bits per heavy atom. The van der Waals surface area contributed by atoms with Gasteiger partial charge in [-0.05, 0) is 19.1 Å². The van der Waals surface area contributed by atoms with Crippen LogP contribution < -0.4 is 0 Å². The molecule has 1 aromatic heterocycles. The largest absolute Gasteiger partial charge is 0.440 e. The Bertz CT molecular complexity index is 793. The average Bonchev–Trinajstić information content (AvgIpc) is 3.19. The van der Waals surface area contributed by atoms with Gasteiger partial charge in [-0.25, -0.2) is 15.0 Å². The van der Waals surface area contributed by atoms with E-state index in [4.69, 9.17) is 4.42 Å². The third-order valence-corrected chi connectivity index (χ3v) is 4.94. The monoisotopic (exact) mass is 354 g/mol. The van der Waals surface area contributed by atoms with Gasteiger partial charge in [-0.2, -0.15) is 0 Å². The van der Waals surface area contributed by atoms with Crippen LogP contribution in [0.2, 0.25) is 0 Å². The summed E-state index contributed by atoms with van der Waals surface area (Å²) in [6.07, 6.45) is 0.664. The molecule has 26 heavy (non-hydrogen) atoms. The number of piperazine rings is 1. The smallest absolute Gasteiger partial charge is 0.244 e. The third-order valence-electron chi connectivity index (χ3n) is 4.94. The van der Waals surface area contributed by atoms with Crippen LogP contribution in [0, 0.1) is 6.92 Å². The Labute approximate surface area is 152 Å². The van der Waals surface area contributed by atoms with E-state index in [9.17, 15) is 9.59 Å². The lowest BCUT2D eigenvalue weighted by molar-refractivity contribution is -0.160. The molecule has 2 aliphatic heterocycles. The van der Waals surface area contributed by atoms with Gasteiger partial charge in [-0.1, -0.05) is 18.2 Å². The summed E-state index contributed by atoms with van der Waals surface area (Å²) in [5.74, 6) is 1.35. The molecule has 2 saturated heterocycles. The highest BCUT2D eigenvalue weighted by Gasteiger charge is 2.35. The second kappa shape index (κ2) is 7.01. The van der Waals surface area contributed by atoms with Gasteiger partial charge in [0, 0.05) is 44.6 Å². The van der Waals surface area contributed by atoms with Crippen molar-refractivity contribution in [1.82, 2.24) is 19.9 Å². The van der Waals surface area contributed by atoms with Gasteiger partial charge < -0.3 is 4.42 Å². The topological polar surface area (TPSA) is 69.9 Å². The first kappa shape index (κ1) is 16.9. The molecule has 0 atom stereocenters. The van der Waals surface area contributed by atoms with Crippen molar-refractivity contribution in [2.24, 2.45) is 0 Å². The molecule has 4 rings (SSSR count). The van der Waals surface area contributed by atoms with Crippen molar-refractivity contribution in [3.63, 3.8) is 0 Å². The van der Waals surface area contributed by atoms with Gasteiger partial charge >= 0.3 is 0 Å². The van der Waals surface area contributed by atoms with Gasteiger partial charge in [0.1, 0.15) is 5.76 Å². The van der Waals surface area contributed by atoms with Crippen LogP contribution in [0.1, 0.15) is 24.3 Å². The highest BCUT2D eigenvalue weighted by atomic mass is 16.4. The van der Waals surface area contributed by atoms with E-state index in [1.165, 1.54) is 5.01 Å². The average molecular weight is 354 g/mol. The summed E-state index contributed by atoms with van der Waals surface area (Å²) < 4.78 is 5.98. The molecule has 3 heterocycles. The number of hydrogen-bond donors (Lipinski definition) is 0. The first-order valence-corrected chi connectivity index (χ1v) is 8.96. The van der Waals surface area contributed by atoms with Crippen molar-refractivity contribution in [3.05, 3.63) is 41.8 Å². The SMILES string of the molecule is Cc1nc(-c2ccccc2)oc1CN1CCN(N2C(=O)CCC2=O)CC1. The summed E-state index contributed by atoms with van der Waals surface area (Å²) in [5, 5.41) is 3.21. The molecule has 0 N–H and O–H groups in total. The lowest BCUT2D eigenvalue weighted by Crippen LogP contribution is -2.55. The zero-order valence-electron chi connectivity index (χ0n) is 14.9. The van der Waals surface area contributed by atoms with Crippen molar-refractivity contribution in [2.45, 2.75) is 26.3 Å². The highest BCUT2D eigenvalue weighted by molar-refractivity contribution is 6.01. The molecule has 0 radical (unpaired) electrons. The van der Waals surface area contributed by atoms with Crippen molar-refractivity contribution in [2.75, 3.05) is 26.2 Å². The Hall–Kier alpha value is -2.51. The van der Waals surface area contributed by atoms with E-state index in [1.54, 1.807) is 0 Å². The predicted octanol–water partition coefficient (Wildman–Crippen LogP) is 1.83. The van der Waals surface area contributed by atoms with Gasteiger partial charge in [-0.15, -0.1) is 0 Å². The fourth-order valence-electron chi connectivity index (χ4n) is 3.46. The molecule has 2 aliphatic rings. The standard InChI is InChI=1S/C19H22N4O3/c1-14-16(26-19(20-14)15-5-3-2-4-6-15)13-21-9-11-22(12-10-21)23-17(24)7-8-18(23)25/h2-6H,7-13H2,1H3. The van der Waals surface area contributed by atoms with Crippen molar-refractivity contribution in [3.8, 4) is 11.5 Å². The van der Waals surface area contributed by atoms with Crippen LogP contribution in [-0.2, 0) is 16.1 Å². The lowest BCUT2D eigenvalue weighted by Gasteiger charge is -2.37. The number of rotatable bonds is 4. The number of oxazole rings is 1. The molecule has 0 aliphatic carbocycles. The molecule has 0 spiro atoms. The number of carbonyl (C=O) groups is 2. The highest BCUT2D eigenvalue weighted by Crippen LogP contribution is 2.23. The number of imide groups is 1. The predicted molar refractivity (Wildman–Crippen MR) is 94.6 cm³/mol. The zero-order valence-corrected chi connectivity index (χ0v) is 14.9. The number of amides is 2. The van der Waals surface area contributed by atoms with Crippen LogP contribution in [-0.4, -0.2) is 57.9 Å².